The molecule has 0 radical (unpaired) electrons. The molecule has 1 aliphatic rings. The predicted octanol–water partition coefficient (Wildman–Crippen LogP) is 2.98. The van der Waals surface area contributed by atoms with E-state index in [1.807, 2.05) is 18.3 Å². The normalized spacial score (nSPS) is 18.6. The summed E-state index contributed by atoms with van der Waals surface area (Å²) in [6.07, 6.45) is 6.04. The highest BCUT2D eigenvalue weighted by Gasteiger charge is 2.21. The van der Waals surface area contributed by atoms with Crippen LogP contribution >= 0.6 is 0 Å². The molecule has 0 amide bonds. The van der Waals surface area contributed by atoms with Crippen LogP contribution in [-0.4, -0.2) is 40.7 Å². The van der Waals surface area contributed by atoms with Gasteiger partial charge in [-0.1, -0.05) is 12.1 Å². The number of nitrogens with zero attached hydrogens (tertiary/aromatic N) is 2. The fourth-order valence-corrected chi connectivity index (χ4v) is 3.61. The summed E-state index contributed by atoms with van der Waals surface area (Å²) >= 11 is 0. The molecule has 3 heterocycles. The molecule has 3 N–H and O–H groups in total. The minimum Gasteiger partial charge on any atom is -0.384 e. The number of nitrogens with one attached hydrogen (secondary N) is 1. The van der Waals surface area contributed by atoms with Crippen molar-refractivity contribution < 1.29 is 4.74 Å². The monoisotopic (exact) mass is 336 g/mol. The van der Waals surface area contributed by atoms with Crippen molar-refractivity contribution in [1.29, 1.82) is 0 Å². The van der Waals surface area contributed by atoms with E-state index in [0.717, 1.165) is 39.1 Å². The first-order valence-electron chi connectivity index (χ1n) is 8.87. The topological polar surface area (TPSA) is 67.2 Å². The summed E-state index contributed by atoms with van der Waals surface area (Å²) in [5.41, 5.74) is 9.57. The van der Waals surface area contributed by atoms with Crippen LogP contribution in [0.1, 0.15) is 17.5 Å². The molecule has 0 aliphatic carbocycles. The number of hydrogen-bond donors (Lipinski definition) is 2. The van der Waals surface area contributed by atoms with E-state index in [9.17, 15) is 0 Å². The number of H-pyrrole nitrogens is 1. The van der Waals surface area contributed by atoms with Crippen LogP contribution in [0, 0.1) is 0 Å². The van der Waals surface area contributed by atoms with Gasteiger partial charge in [-0.25, -0.2) is 4.98 Å². The Morgan fingerprint density at radius 3 is 3.16 bits per heavy atom. The van der Waals surface area contributed by atoms with Gasteiger partial charge in [0.15, 0.2) is 0 Å². The summed E-state index contributed by atoms with van der Waals surface area (Å²) in [5, 5.41) is 1.32. The highest BCUT2D eigenvalue weighted by Crippen LogP contribution is 2.21. The van der Waals surface area contributed by atoms with Crippen molar-refractivity contribution in [2.45, 2.75) is 25.5 Å². The van der Waals surface area contributed by atoms with Crippen molar-refractivity contribution in [3.8, 4) is 0 Å². The van der Waals surface area contributed by atoms with Gasteiger partial charge in [0.05, 0.1) is 12.7 Å². The zero-order chi connectivity index (χ0) is 17.1. The SMILES string of the molecule is Nc1cc(CC[C@H]2CN(Cc3cccc4[nH]ccc34)CCO2)ccn1. The maximum Gasteiger partial charge on any atom is 0.123 e. The standard InChI is InChI=1S/C20H24N4O/c21-20-12-15(6-8-23-20)4-5-17-14-24(10-11-25-17)13-16-2-1-3-19-18(16)7-9-22-19/h1-3,6-9,12,17,22H,4-5,10-11,13-14H2,(H2,21,23)/t17-/m0/s1. The van der Waals surface area contributed by atoms with Crippen LogP contribution in [0.5, 0.6) is 0 Å². The first-order valence-corrected chi connectivity index (χ1v) is 8.87. The third kappa shape index (κ3) is 3.83. The van der Waals surface area contributed by atoms with E-state index >= 15 is 0 Å². The molecule has 1 aliphatic heterocycles. The minimum atomic E-state index is 0.272. The van der Waals surface area contributed by atoms with Gasteiger partial charge in [-0.3, -0.25) is 4.90 Å². The van der Waals surface area contributed by atoms with Gasteiger partial charge in [0, 0.05) is 42.9 Å². The van der Waals surface area contributed by atoms with Crippen molar-refractivity contribution in [1.82, 2.24) is 14.9 Å². The molecule has 0 bridgehead atoms. The highest BCUT2D eigenvalue weighted by atomic mass is 16.5. The molecule has 2 aromatic heterocycles. The van der Waals surface area contributed by atoms with Gasteiger partial charge in [0.2, 0.25) is 0 Å². The fourth-order valence-electron chi connectivity index (χ4n) is 3.61. The number of benzene rings is 1. The number of anilines is 1. The molecule has 0 spiro atoms. The van der Waals surface area contributed by atoms with Gasteiger partial charge in [-0.15, -0.1) is 0 Å². The second-order valence-corrected chi connectivity index (χ2v) is 6.71. The van der Waals surface area contributed by atoms with Crippen molar-refractivity contribution >= 4 is 16.7 Å². The van der Waals surface area contributed by atoms with Gasteiger partial charge < -0.3 is 15.5 Å². The molecule has 1 aromatic carbocycles. The lowest BCUT2D eigenvalue weighted by atomic mass is 10.1. The maximum atomic E-state index is 5.98. The summed E-state index contributed by atoms with van der Waals surface area (Å²) in [6, 6.07) is 12.6. The molecule has 1 atom stereocenters. The molecular formula is C20H24N4O. The molecule has 25 heavy (non-hydrogen) atoms. The number of aromatic nitrogens is 2. The number of aromatic amines is 1. The van der Waals surface area contributed by atoms with Crippen molar-refractivity contribution in [3.63, 3.8) is 0 Å². The number of hydrogen-bond acceptors (Lipinski definition) is 4. The molecule has 0 saturated carbocycles. The molecule has 1 fully saturated rings. The van der Waals surface area contributed by atoms with Crippen molar-refractivity contribution in [3.05, 3.63) is 59.9 Å². The number of ether oxygens (including phenoxy) is 1. The highest BCUT2D eigenvalue weighted by molar-refractivity contribution is 5.82. The summed E-state index contributed by atoms with van der Waals surface area (Å²) in [5.74, 6) is 0.586. The molecule has 130 valence electrons. The lowest BCUT2D eigenvalue weighted by Crippen LogP contribution is -2.42. The number of nitrogens with two attached hydrogens (primary N) is 1. The van der Waals surface area contributed by atoms with Gasteiger partial charge in [-0.2, -0.15) is 0 Å². The molecule has 1 saturated heterocycles. The Bertz CT molecular complexity index is 844. The Labute approximate surface area is 147 Å². The fraction of sp³-hybridized carbons (Fsp3) is 0.350. The molecule has 5 heteroatoms. The van der Waals surface area contributed by atoms with Crippen LogP contribution in [0.4, 0.5) is 5.82 Å². The van der Waals surface area contributed by atoms with E-state index in [0.29, 0.717) is 5.82 Å². The van der Waals surface area contributed by atoms with E-state index in [1.54, 1.807) is 6.20 Å². The van der Waals surface area contributed by atoms with Crippen molar-refractivity contribution in [2.75, 3.05) is 25.4 Å². The van der Waals surface area contributed by atoms with E-state index in [4.69, 9.17) is 10.5 Å². The zero-order valence-electron chi connectivity index (χ0n) is 14.3. The Morgan fingerprint density at radius 2 is 2.24 bits per heavy atom. The average molecular weight is 336 g/mol. The Kier molecular flexibility index (Phi) is 4.68. The first-order chi connectivity index (χ1) is 12.3. The molecule has 3 aromatic rings. The van der Waals surface area contributed by atoms with E-state index in [-0.39, 0.29) is 6.10 Å². The predicted molar refractivity (Wildman–Crippen MR) is 100 cm³/mol. The Hall–Kier alpha value is -2.37. The van der Waals surface area contributed by atoms with E-state index < -0.39 is 0 Å². The summed E-state index contributed by atoms with van der Waals surface area (Å²) in [6.45, 7) is 3.73. The smallest absolute Gasteiger partial charge is 0.123 e. The van der Waals surface area contributed by atoms with Gasteiger partial charge in [-0.05, 0) is 48.2 Å². The third-order valence-electron chi connectivity index (χ3n) is 4.90. The lowest BCUT2D eigenvalue weighted by molar-refractivity contribution is -0.0344. The molecule has 5 nitrogen and oxygen atoms in total. The number of aryl methyl sites for hydroxylation is 1. The van der Waals surface area contributed by atoms with Crippen LogP contribution in [0.15, 0.2) is 48.8 Å². The van der Waals surface area contributed by atoms with Gasteiger partial charge in [0.25, 0.3) is 0 Å². The van der Waals surface area contributed by atoms with Crippen molar-refractivity contribution in [2.24, 2.45) is 0 Å². The number of rotatable bonds is 5. The first kappa shape index (κ1) is 16.1. The second-order valence-electron chi connectivity index (χ2n) is 6.71. The van der Waals surface area contributed by atoms with Crippen LogP contribution in [0.2, 0.25) is 0 Å². The summed E-state index contributed by atoms with van der Waals surface area (Å²) in [7, 11) is 0. The van der Waals surface area contributed by atoms with Crippen LogP contribution in [0.25, 0.3) is 10.9 Å². The number of pyridine rings is 1. The number of nitrogen functional groups attached to an aromatic ring is 1. The summed E-state index contributed by atoms with van der Waals surface area (Å²) in [4.78, 5) is 9.84. The maximum absolute atomic E-state index is 5.98. The zero-order valence-corrected chi connectivity index (χ0v) is 14.3. The number of fused-ring (bicyclic) bond motifs is 1. The largest absolute Gasteiger partial charge is 0.384 e. The molecule has 0 unspecified atom stereocenters. The third-order valence-corrected chi connectivity index (χ3v) is 4.90. The van der Waals surface area contributed by atoms with E-state index in [1.165, 1.54) is 22.0 Å². The summed E-state index contributed by atoms with van der Waals surface area (Å²) < 4.78 is 5.98. The lowest BCUT2D eigenvalue weighted by Gasteiger charge is -2.33. The van der Waals surface area contributed by atoms with Crippen LogP contribution in [-0.2, 0) is 17.7 Å². The van der Waals surface area contributed by atoms with E-state index in [2.05, 4.69) is 39.1 Å². The molecule has 4 rings (SSSR count). The van der Waals surface area contributed by atoms with Gasteiger partial charge >= 0.3 is 0 Å². The second kappa shape index (κ2) is 7.25. The van der Waals surface area contributed by atoms with Crippen LogP contribution in [0.3, 0.4) is 0 Å². The number of morpholine rings is 1. The minimum absolute atomic E-state index is 0.272. The molecular weight excluding hydrogens is 312 g/mol. The Balaban J connectivity index is 1.37. The average Bonchev–Trinajstić information content (AvgIpc) is 3.10. The van der Waals surface area contributed by atoms with Crippen LogP contribution < -0.4 is 5.73 Å². The van der Waals surface area contributed by atoms with Gasteiger partial charge in [0.1, 0.15) is 5.82 Å². The quantitative estimate of drug-likeness (QED) is 0.752. The Morgan fingerprint density at radius 1 is 1.28 bits per heavy atom.